The third-order valence-electron chi connectivity index (χ3n) is 6.95. The monoisotopic (exact) mass is 498 g/mol. The first-order chi connectivity index (χ1) is 16.1. The van der Waals surface area contributed by atoms with Crippen LogP contribution in [0.3, 0.4) is 0 Å². The highest BCUT2D eigenvalue weighted by molar-refractivity contribution is 7.92. The number of hydrogen-bond donors (Lipinski definition) is 2. The Morgan fingerprint density at radius 1 is 1.12 bits per heavy atom. The Kier molecular flexibility index (Phi) is 5.45. The van der Waals surface area contributed by atoms with E-state index in [0.29, 0.717) is 28.8 Å². The van der Waals surface area contributed by atoms with Crippen molar-refractivity contribution in [1.29, 1.82) is 0 Å². The van der Waals surface area contributed by atoms with Crippen molar-refractivity contribution in [2.24, 2.45) is 5.92 Å². The number of aryl methyl sites for hydroxylation is 1. The second-order valence-electron chi connectivity index (χ2n) is 9.47. The van der Waals surface area contributed by atoms with Gasteiger partial charge in [0.05, 0.1) is 24.7 Å². The van der Waals surface area contributed by atoms with Crippen LogP contribution in [0.5, 0.6) is 11.5 Å². The number of rotatable bonds is 4. The smallest absolute Gasteiger partial charge is 0.261 e. The van der Waals surface area contributed by atoms with Crippen LogP contribution in [0, 0.1) is 12.8 Å². The van der Waals surface area contributed by atoms with E-state index >= 15 is 0 Å². The molecule has 2 unspecified atom stereocenters. The van der Waals surface area contributed by atoms with Crippen LogP contribution >= 0.6 is 11.6 Å². The number of anilines is 2. The van der Waals surface area contributed by atoms with E-state index in [1.54, 1.807) is 43.5 Å². The lowest BCUT2D eigenvalue weighted by Crippen LogP contribution is -2.46. The topological polar surface area (TPSA) is 76.7 Å². The maximum absolute atomic E-state index is 12.9. The first-order valence-corrected chi connectivity index (χ1v) is 13.0. The molecule has 8 heteroatoms. The predicted molar refractivity (Wildman–Crippen MR) is 135 cm³/mol. The molecule has 0 bridgehead atoms. The fourth-order valence-electron chi connectivity index (χ4n) is 4.98. The van der Waals surface area contributed by atoms with Crippen molar-refractivity contribution < 1.29 is 17.9 Å². The van der Waals surface area contributed by atoms with Crippen molar-refractivity contribution in [3.63, 3.8) is 0 Å². The molecular formula is C26H27ClN2O4S. The Morgan fingerprint density at radius 3 is 2.56 bits per heavy atom. The minimum Gasteiger partial charge on any atom is -0.493 e. The second kappa shape index (κ2) is 8.10. The molecule has 6 nitrogen and oxygen atoms in total. The minimum atomic E-state index is -3.69. The summed E-state index contributed by atoms with van der Waals surface area (Å²) >= 11 is 6.38. The molecule has 34 heavy (non-hydrogen) atoms. The summed E-state index contributed by atoms with van der Waals surface area (Å²) < 4.78 is 40.3. The molecular weight excluding hydrogens is 472 g/mol. The van der Waals surface area contributed by atoms with E-state index in [9.17, 15) is 8.42 Å². The third kappa shape index (κ3) is 3.77. The molecule has 2 aliphatic heterocycles. The molecule has 0 saturated heterocycles. The molecule has 2 N–H and O–H groups in total. The van der Waals surface area contributed by atoms with E-state index < -0.39 is 10.0 Å². The molecule has 0 amide bonds. The maximum Gasteiger partial charge on any atom is 0.261 e. The SMILES string of the molecule is COc1cc(Cl)cc2c1OCC1C2Nc2ccc(NS(=O)(=O)c3ccc(C)cc3)cc2C1(C)C. The number of sulfonamides is 1. The number of nitrogens with one attached hydrogen (secondary N) is 2. The van der Waals surface area contributed by atoms with Crippen LogP contribution in [-0.2, 0) is 15.4 Å². The standard InChI is InChI=1S/C26H27ClN2O4S/c1-15-5-8-18(9-6-15)34(30,31)29-17-7-10-22-20(13-17)26(2,3)21-14-33-25-19(24(21)28-22)11-16(27)12-23(25)32-4/h5-13,21,24,28-29H,14H2,1-4H3. The van der Waals surface area contributed by atoms with Crippen molar-refractivity contribution in [2.75, 3.05) is 23.8 Å². The number of hydrogen-bond acceptors (Lipinski definition) is 5. The molecule has 2 heterocycles. The number of fused-ring (bicyclic) bond motifs is 4. The molecule has 0 radical (unpaired) electrons. The largest absolute Gasteiger partial charge is 0.493 e. The Hall–Kier alpha value is -2.90. The van der Waals surface area contributed by atoms with Crippen LogP contribution in [0.1, 0.15) is 36.6 Å². The summed E-state index contributed by atoms with van der Waals surface area (Å²) in [6, 6.07) is 16.1. The fraction of sp³-hybridized carbons (Fsp3) is 0.308. The predicted octanol–water partition coefficient (Wildman–Crippen LogP) is 5.91. The Bertz CT molecular complexity index is 1370. The first kappa shape index (κ1) is 22.9. The van der Waals surface area contributed by atoms with Gasteiger partial charge in [0.15, 0.2) is 11.5 Å². The number of benzene rings is 3. The minimum absolute atomic E-state index is 0.0195. The van der Waals surface area contributed by atoms with Crippen molar-refractivity contribution in [1.82, 2.24) is 0 Å². The maximum atomic E-state index is 12.9. The lowest BCUT2D eigenvalue weighted by molar-refractivity contribution is 0.131. The third-order valence-corrected chi connectivity index (χ3v) is 8.56. The highest BCUT2D eigenvalue weighted by Crippen LogP contribution is 2.54. The Balaban J connectivity index is 1.51. The van der Waals surface area contributed by atoms with E-state index in [1.165, 1.54) is 0 Å². The van der Waals surface area contributed by atoms with Gasteiger partial charge in [-0.05, 0) is 48.9 Å². The van der Waals surface area contributed by atoms with E-state index in [4.69, 9.17) is 21.1 Å². The van der Waals surface area contributed by atoms with Crippen LogP contribution in [0.25, 0.3) is 0 Å². The van der Waals surface area contributed by atoms with Gasteiger partial charge in [0.2, 0.25) is 0 Å². The summed E-state index contributed by atoms with van der Waals surface area (Å²) in [4.78, 5) is 0.233. The molecule has 3 aromatic carbocycles. The van der Waals surface area contributed by atoms with Crippen LogP contribution in [0.2, 0.25) is 5.02 Å². The molecule has 0 aliphatic carbocycles. The van der Waals surface area contributed by atoms with Gasteiger partial charge < -0.3 is 14.8 Å². The van der Waals surface area contributed by atoms with E-state index in [1.807, 2.05) is 25.1 Å². The van der Waals surface area contributed by atoms with Gasteiger partial charge in [0.25, 0.3) is 10.0 Å². The summed E-state index contributed by atoms with van der Waals surface area (Å²) in [5.41, 5.74) is 4.17. The molecule has 0 spiro atoms. The zero-order chi connectivity index (χ0) is 24.3. The zero-order valence-corrected chi connectivity index (χ0v) is 21.0. The molecule has 0 fully saturated rings. The average Bonchev–Trinajstić information content (AvgIpc) is 2.79. The number of ether oxygens (including phenoxy) is 2. The van der Waals surface area contributed by atoms with Gasteiger partial charge in [0.1, 0.15) is 0 Å². The highest BCUT2D eigenvalue weighted by Gasteiger charge is 2.47. The van der Waals surface area contributed by atoms with Crippen LogP contribution < -0.4 is 19.5 Å². The zero-order valence-electron chi connectivity index (χ0n) is 19.5. The average molecular weight is 499 g/mol. The highest BCUT2D eigenvalue weighted by atomic mass is 35.5. The molecule has 2 atom stereocenters. The normalized spacial score (nSPS) is 20.1. The summed E-state index contributed by atoms with van der Waals surface area (Å²) in [6.07, 6.45) is 0. The van der Waals surface area contributed by atoms with E-state index in [0.717, 1.165) is 22.4 Å². The van der Waals surface area contributed by atoms with Gasteiger partial charge in [-0.25, -0.2) is 8.42 Å². The lowest BCUT2D eigenvalue weighted by atomic mass is 9.65. The van der Waals surface area contributed by atoms with Crippen molar-refractivity contribution >= 4 is 33.0 Å². The van der Waals surface area contributed by atoms with Gasteiger partial charge in [0, 0.05) is 39.4 Å². The summed E-state index contributed by atoms with van der Waals surface area (Å²) in [6.45, 7) is 6.75. The Morgan fingerprint density at radius 2 is 1.85 bits per heavy atom. The van der Waals surface area contributed by atoms with E-state index in [2.05, 4.69) is 23.9 Å². The second-order valence-corrected chi connectivity index (χ2v) is 11.6. The van der Waals surface area contributed by atoms with Gasteiger partial charge in [-0.2, -0.15) is 0 Å². The number of halogens is 1. The fourth-order valence-corrected chi connectivity index (χ4v) is 6.25. The van der Waals surface area contributed by atoms with Crippen molar-refractivity contribution in [3.8, 4) is 11.5 Å². The molecule has 0 aromatic heterocycles. The van der Waals surface area contributed by atoms with Gasteiger partial charge in [-0.3, -0.25) is 4.72 Å². The summed E-state index contributed by atoms with van der Waals surface area (Å²) in [5.74, 6) is 1.43. The first-order valence-electron chi connectivity index (χ1n) is 11.1. The summed E-state index contributed by atoms with van der Waals surface area (Å²) in [7, 11) is -2.09. The molecule has 178 valence electrons. The van der Waals surface area contributed by atoms with Gasteiger partial charge in [-0.15, -0.1) is 0 Å². The van der Waals surface area contributed by atoms with Crippen LogP contribution in [-0.4, -0.2) is 22.1 Å². The van der Waals surface area contributed by atoms with Gasteiger partial charge in [-0.1, -0.05) is 43.1 Å². The van der Waals surface area contributed by atoms with Crippen LogP contribution in [0.4, 0.5) is 11.4 Å². The molecule has 2 aliphatic rings. The molecule has 3 aromatic rings. The Labute approximate surface area is 205 Å². The molecule has 5 rings (SSSR count). The van der Waals surface area contributed by atoms with Crippen molar-refractivity contribution in [3.05, 3.63) is 76.3 Å². The molecule has 0 saturated carbocycles. The lowest BCUT2D eigenvalue weighted by Gasteiger charge is -2.48. The quantitative estimate of drug-likeness (QED) is 0.467. The van der Waals surface area contributed by atoms with E-state index in [-0.39, 0.29) is 22.3 Å². The van der Waals surface area contributed by atoms with Gasteiger partial charge >= 0.3 is 0 Å². The number of methoxy groups -OCH3 is 1. The van der Waals surface area contributed by atoms with Crippen molar-refractivity contribution in [2.45, 2.75) is 37.1 Å². The summed E-state index contributed by atoms with van der Waals surface area (Å²) in [5, 5.41) is 4.23. The van der Waals surface area contributed by atoms with Crippen LogP contribution in [0.15, 0.2) is 59.5 Å².